The standard InChI is InChI=1S/C29H30FN5O6/c1-2-41-29(40)35-15-13-34(14-16-35)28(39)22(11-12-25(36)37)33-27(38)24-18-23(20-9-6-10-21(30)17-20)31-26(32-24)19-7-4-3-5-8-19/h3-10,17-18,22H,2,11-16H2,1H3,(H,33,38)(H,36,37)/t22-/m0/s1. The van der Waals surface area contributed by atoms with Crippen molar-refractivity contribution in [3.05, 3.63) is 72.2 Å². The lowest BCUT2D eigenvalue weighted by Crippen LogP contribution is -2.56. The number of benzene rings is 2. The van der Waals surface area contributed by atoms with Crippen molar-refractivity contribution in [1.29, 1.82) is 0 Å². The third-order valence-corrected chi connectivity index (χ3v) is 6.48. The smallest absolute Gasteiger partial charge is 0.409 e. The van der Waals surface area contributed by atoms with Gasteiger partial charge in [-0.15, -0.1) is 0 Å². The van der Waals surface area contributed by atoms with Crippen LogP contribution in [0.3, 0.4) is 0 Å². The van der Waals surface area contributed by atoms with Crippen molar-refractivity contribution >= 4 is 23.9 Å². The van der Waals surface area contributed by atoms with Gasteiger partial charge in [0.05, 0.1) is 12.3 Å². The number of aromatic nitrogens is 2. The molecule has 1 saturated heterocycles. The van der Waals surface area contributed by atoms with Gasteiger partial charge in [0.2, 0.25) is 5.91 Å². The van der Waals surface area contributed by atoms with Crippen molar-refractivity contribution in [2.45, 2.75) is 25.8 Å². The van der Waals surface area contributed by atoms with Gasteiger partial charge in [0.1, 0.15) is 17.6 Å². The number of carboxylic acid groups (broad SMARTS) is 1. The molecule has 0 aliphatic carbocycles. The first-order valence-corrected chi connectivity index (χ1v) is 13.2. The molecule has 0 bridgehead atoms. The van der Waals surface area contributed by atoms with Gasteiger partial charge in [-0.2, -0.15) is 0 Å². The number of aliphatic carboxylic acids is 1. The van der Waals surface area contributed by atoms with E-state index in [1.807, 2.05) is 6.07 Å². The van der Waals surface area contributed by atoms with Crippen molar-refractivity contribution in [3.63, 3.8) is 0 Å². The lowest BCUT2D eigenvalue weighted by atomic mass is 10.1. The van der Waals surface area contributed by atoms with Crippen molar-refractivity contribution in [1.82, 2.24) is 25.1 Å². The number of piperazine rings is 1. The second-order valence-electron chi connectivity index (χ2n) is 9.31. The van der Waals surface area contributed by atoms with E-state index in [1.54, 1.807) is 37.3 Å². The maximum atomic E-state index is 14.0. The number of nitrogens with zero attached hydrogens (tertiary/aromatic N) is 4. The largest absolute Gasteiger partial charge is 0.481 e. The third kappa shape index (κ3) is 7.62. The molecule has 3 aromatic rings. The summed E-state index contributed by atoms with van der Waals surface area (Å²) >= 11 is 0. The van der Waals surface area contributed by atoms with Crippen molar-refractivity contribution < 1.29 is 33.4 Å². The lowest BCUT2D eigenvalue weighted by Gasteiger charge is -2.35. The van der Waals surface area contributed by atoms with Gasteiger partial charge in [-0.05, 0) is 31.5 Å². The van der Waals surface area contributed by atoms with Crippen LogP contribution in [0.1, 0.15) is 30.3 Å². The van der Waals surface area contributed by atoms with E-state index in [0.717, 1.165) is 0 Å². The molecule has 0 radical (unpaired) electrons. The van der Waals surface area contributed by atoms with Crippen LogP contribution in [-0.2, 0) is 14.3 Å². The molecule has 3 amide bonds. The number of nitrogens with one attached hydrogen (secondary N) is 1. The summed E-state index contributed by atoms with van der Waals surface area (Å²) < 4.78 is 19.0. The Morgan fingerprint density at radius 3 is 2.29 bits per heavy atom. The highest BCUT2D eigenvalue weighted by molar-refractivity contribution is 5.97. The SMILES string of the molecule is CCOC(=O)N1CCN(C(=O)[C@H](CCC(=O)O)NC(=O)c2cc(-c3cccc(F)c3)nc(-c3ccccc3)n2)CC1. The molecule has 0 saturated carbocycles. The molecule has 1 aliphatic rings. The number of halogens is 1. The molecule has 1 aliphatic heterocycles. The molecule has 2 heterocycles. The zero-order valence-corrected chi connectivity index (χ0v) is 22.5. The minimum Gasteiger partial charge on any atom is -0.481 e. The monoisotopic (exact) mass is 563 g/mol. The van der Waals surface area contributed by atoms with E-state index in [0.29, 0.717) is 16.8 Å². The van der Waals surface area contributed by atoms with E-state index in [-0.39, 0.29) is 57.1 Å². The Labute approximate surface area is 236 Å². The van der Waals surface area contributed by atoms with Crippen LogP contribution in [-0.4, -0.2) is 87.6 Å². The van der Waals surface area contributed by atoms with Crippen LogP contribution in [0.25, 0.3) is 22.6 Å². The molecular formula is C29H30FN5O6. The Morgan fingerprint density at radius 2 is 1.63 bits per heavy atom. The summed E-state index contributed by atoms with van der Waals surface area (Å²) in [5, 5.41) is 11.9. The average molecular weight is 564 g/mol. The van der Waals surface area contributed by atoms with Crippen LogP contribution in [0.2, 0.25) is 0 Å². The van der Waals surface area contributed by atoms with Gasteiger partial charge in [-0.3, -0.25) is 14.4 Å². The van der Waals surface area contributed by atoms with Crippen LogP contribution < -0.4 is 5.32 Å². The predicted octanol–water partition coefficient (Wildman–Crippen LogP) is 3.21. The lowest BCUT2D eigenvalue weighted by molar-refractivity contribution is -0.138. The molecule has 0 unspecified atom stereocenters. The zero-order valence-electron chi connectivity index (χ0n) is 22.5. The topological polar surface area (TPSA) is 142 Å². The van der Waals surface area contributed by atoms with Gasteiger partial charge < -0.3 is 25.0 Å². The molecule has 41 heavy (non-hydrogen) atoms. The number of carbonyl (C=O) groups excluding carboxylic acids is 3. The van der Waals surface area contributed by atoms with Crippen LogP contribution in [0.4, 0.5) is 9.18 Å². The summed E-state index contributed by atoms with van der Waals surface area (Å²) in [4.78, 5) is 62.1. The highest BCUT2D eigenvalue weighted by Crippen LogP contribution is 2.23. The maximum Gasteiger partial charge on any atom is 0.409 e. The van der Waals surface area contributed by atoms with Crippen LogP contribution in [0.15, 0.2) is 60.7 Å². The Bertz CT molecular complexity index is 1410. The van der Waals surface area contributed by atoms with Gasteiger partial charge in [-0.25, -0.2) is 19.2 Å². The number of hydrogen-bond donors (Lipinski definition) is 2. The van der Waals surface area contributed by atoms with Crippen molar-refractivity contribution in [2.24, 2.45) is 0 Å². The molecule has 1 atom stereocenters. The summed E-state index contributed by atoms with van der Waals surface area (Å²) in [6.45, 7) is 2.83. The summed E-state index contributed by atoms with van der Waals surface area (Å²) in [6, 6.07) is 14.9. The molecule has 0 spiro atoms. The quantitative estimate of drug-likeness (QED) is 0.404. The number of carbonyl (C=O) groups is 4. The molecule has 1 aromatic heterocycles. The summed E-state index contributed by atoms with van der Waals surface area (Å²) in [5.41, 5.74) is 1.28. The predicted molar refractivity (Wildman–Crippen MR) is 146 cm³/mol. The second kappa shape index (κ2) is 13.5. The van der Waals surface area contributed by atoms with Crippen LogP contribution >= 0.6 is 0 Å². The zero-order chi connectivity index (χ0) is 29.4. The number of ether oxygens (including phenoxy) is 1. The van der Waals surface area contributed by atoms with Gasteiger partial charge in [-0.1, -0.05) is 42.5 Å². The number of carboxylic acids is 1. The highest BCUT2D eigenvalue weighted by atomic mass is 19.1. The Morgan fingerprint density at radius 1 is 0.951 bits per heavy atom. The van der Waals surface area contributed by atoms with Crippen LogP contribution in [0, 0.1) is 5.82 Å². The first-order valence-electron chi connectivity index (χ1n) is 13.2. The third-order valence-electron chi connectivity index (χ3n) is 6.48. The van der Waals surface area contributed by atoms with Gasteiger partial charge in [0, 0.05) is 43.7 Å². The fourth-order valence-corrected chi connectivity index (χ4v) is 4.38. The first kappa shape index (κ1) is 29.1. The van der Waals surface area contributed by atoms with E-state index in [4.69, 9.17) is 4.74 Å². The van der Waals surface area contributed by atoms with Gasteiger partial charge in [0.25, 0.3) is 5.91 Å². The highest BCUT2D eigenvalue weighted by Gasteiger charge is 2.31. The molecule has 2 aromatic carbocycles. The van der Waals surface area contributed by atoms with E-state index in [9.17, 15) is 28.7 Å². The number of hydrogen-bond acceptors (Lipinski definition) is 7. The minimum atomic E-state index is -1.15. The fraction of sp³-hybridized carbons (Fsp3) is 0.310. The number of rotatable bonds is 9. The fourth-order valence-electron chi connectivity index (χ4n) is 4.38. The Hall–Kier alpha value is -4.87. The molecule has 214 valence electrons. The summed E-state index contributed by atoms with van der Waals surface area (Å²) in [5.74, 6) is -2.55. The van der Waals surface area contributed by atoms with Gasteiger partial charge in [0.15, 0.2) is 5.82 Å². The maximum absolute atomic E-state index is 14.0. The normalized spacial score (nSPS) is 13.8. The van der Waals surface area contributed by atoms with E-state index >= 15 is 0 Å². The first-order chi connectivity index (χ1) is 19.7. The van der Waals surface area contributed by atoms with Crippen molar-refractivity contribution in [3.8, 4) is 22.6 Å². The van der Waals surface area contributed by atoms with E-state index in [1.165, 1.54) is 34.1 Å². The minimum absolute atomic E-state index is 0.0710. The molecule has 12 heteroatoms. The van der Waals surface area contributed by atoms with Crippen molar-refractivity contribution in [2.75, 3.05) is 32.8 Å². The Kier molecular flexibility index (Phi) is 9.56. The van der Waals surface area contributed by atoms with Crippen LogP contribution in [0.5, 0.6) is 0 Å². The molecule has 1 fully saturated rings. The molecular weight excluding hydrogens is 533 g/mol. The number of amides is 3. The molecule has 2 N–H and O–H groups in total. The Balaban J connectivity index is 1.59. The average Bonchev–Trinajstić information content (AvgIpc) is 2.99. The molecule has 4 rings (SSSR count). The van der Waals surface area contributed by atoms with E-state index < -0.39 is 35.7 Å². The van der Waals surface area contributed by atoms with E-state index in [2.05, 4.69) is 15.3 Å². The summed E-state index contributed by atoms with van der Waals surface area (Å²) in [6.07, 6.45) is -0.972. The molecule has 11 nitrogen and oxygen atoms in total. The van der Waals surface area contributed by atoms with Gasteiger partial charge >= 0.3 is 12.1 Å². The summed E-state index contributed by atoms with van der Waals surface area (Å²) in [7, 11) is 0. The second-order valence-corrected chi connectivity index (χ2v) is 9.31.